The summed E-state index contributed by atoms with van der Waals surface area (Å²) < 4.78 is 13.5. The summed E-state index contributed by atoms with van der Waals surface area (Å²) in [6.45, 7) is 0.840. The van der Waals surface area contributed by atoms with E-state index < -0.39 is 0 Å². The number of halogens is 2. The van der Waals surface area contributed by atoms with E-state index in [-0.39, 0.29) is 5.60 Å². The van der Waals surface area contributed by atoms with Crippen LogP contribution in [0.1, 0.15) is 50.5 Å². The van der Waals surface area contributed by atoms with Crippen molar-refractivity contribution < 1.29 is 9.47 Å². The van der Waals surface area contributed by atoms with Gasteiger partial charge in [0.1, 0.15) is 11.9 Å². The summed E-state index contributed by atoms with van der Waals surface area (Å²) in [6, 6.07) is 6.25. The van der Waals surface area contributed by atoms with Crippen LogP contribution in [0.3, 0.4) is 0 Å². The molecule has 0 aromatic heterocycles. The summed E-state index contributed by atoms with van der Waals surface area (Å²) in [5, 5.41) is 0.836. The Morgan fingerprint density at radius 3 is 2.81 bits per heavy atom. The van der Waals surface area contributed by atoms with Gasteiger partial charge in [-0.05, 0) is 36.6 Å². The normalized spacial score (nSPS) is 25.0. The van der Waals surface area contributed by atoms with Crippen LogP contribution < -0.4 is 4.74 Å². The van der Waals surface area contributed by atoms with Crippen molar-refractivity contribution in [2.24, 2.45) is 0 Å². The maximum Gasteiger partial charge on any atom is 0.120 e. The van der Waals surface area contributed by atoms with E-state index in [0.29, 0.717) is 6.10 Å². The molecule has 1 saturated carbocycles. The zero-order chi connectivity index (χ0) is 14.7. The van der Waals surface area contributed by atoms with Gasteiger partial charge in [0.25, 0.3) is 0 Å². The predicted octanol–water partition coefficient (Wildman–Crippen LogP) is 5.60. The molecule has 4 heteroatoms. The van der Waals surface area contributed by atoms with Crippen LogP contribution in [0.25, 0.3) is 0 Å². The lowest BCUT2D eigenvalue weighted by molar-refractivity contribution is -0.129. The van der Waals surface area contributed by atoms with Crippen molar-refractivity contribution in [3.8, 4) is 5.75 Å². The minimum absolute atomic E-state index is 0.106. The molecule has 1 atom stereocenters. The Balaban J connectivity index is 1.67. The second-order valence-corrected chi connectivity index (χ2v) is 7.63. The molecular weight excluding hydrogens is 396 g/mol. The Labute approximate surface area is 143 Å². The van der Waals surface area contributed by atoms with E-state index in [1.165, 1.54) is 37.7 Å². The van der Waals surface area contributed by atoms with Crippen LogP contribution in [0.2, 0.25) is 0 Å². The van der Waals surface area contributed by atoms with Gasteiger partial charge in [0.2, 0.25) is 0 Å². The lowest BCUT2D eigenvalue weighted by atomic mass is 9.79. The van der Waals surface area contributed by atoms with E-state index in [0.717, 1.165) is 35.0 Å². The van der Waals surface area contributed by atoms with Crippen LogP contribution in [0, 0.1) is 0 Å². The number of rotatable bonds is 3. The molecule has 3 rings (SSSR count). The maximum atomic E-state index is 6.26. The number of hydrogen-bond donors (Lipinski definition) is 0. The fourth-order valence-corrected chi connectivity index (χ4v) is 4.77. The van der Waals surface area contributed by atoms with Crippen LogP contribution in [-0.2, 0) is 10.1 Å². The second kappa shape index (κ2) is 7.01. The van der Waals surface area contributed by atoms with Gasteiger partial charge in [0, 0.05) is 22.6 Å². The standard InChI is InChI=1S/C17H22Br2O2/c18-12-13-10-14(4-5-16(13)19)21-15-6-9-20-17(11-15)7-2-1-3-8-17/h4-5,10,15H,1-3,6-9,11-12H2. The third-order valence-corrected chi connectivity index (χ3v) is 6.05. The second-order valence-electron chi connectivity index (χ2n) is 6.21. The molecule has 21 heavy (non-hydrogen) atoms. The first-order chi connectivity index (χ1) is 10.2. The first-order valence-corrected chi connectivity index (χ1v) is 9.77. The fraction of sp³-hybridized carbons (Fsp3) is 0.647. The van der Waals surface area contributed by atoms with Crippen molar-refractivity contribution in [3.05, 3.63) is 28.2 Å². The smallest absolute Gasteiger partial charge is 0.120 e. The first-order valence-electron chi connectivity index (χ1n) is 7.86. The monoisotopic (exact) mass is 416 g/mol. The molecule has 0 radical (unpaired) electrons. The zero-order valence-electron chi connectivity index (χ0n) is 12.2. The lowest BCUT2D eigenvalue weighted by Gasteiger charge is -2.43. The third kappa shape index (κ3) is 3.83. The summed E-state index contributed by atoms with van der Waals surface area (Å²) in [6.07, 6.45) is 8.73. The van der Waals surface area contributed by atoms with Gasteiger partial charge in [-0.2, -0.15) is 0 Å². The third-order valence-electron chi connectivity index (χ3n) is 4.68. The molecule has 0 amide bonds. The predicted molar refractivity (Wildman–Crippen MR) is 92.2 cm³/mol. The molecule has 2 aliphatic rings. The van der Waals surface area contributed by atoms with Crippen molar-refractivity contribution in [2.75, 3.05) is 6.61 Å². The Hall–Kier alpha value is -0.0600. The van der Waals surface area contributed by atoms with Gasteiger partial charge in [-0.3, -0.25) is 0 Å². The topological polar surface area (TPSA) is 18.5 Å². The molecule has 0 bridgehead atoms. The molecule has 0 N–H and O–H groups in total. The maximum absolute atomic E-state index is 6.26. The highest BCUT2D eigenvalue weighted by Crippen LogP contribution is 2.39. The van der Waals surface area contributed by atoms with Crippen molar-refractivity contribution in [2.45, 2.75) is 62.0 Å². The largest absolute Gasteiger partial charge is 0.490 e. The number of ether oxygens (including phenoxy) is 2. The van der Waals surface area contributed by atoms with Gasteiger partial charge in [-0.15, -0.1) is 0 Å². The van der Waals surface area contributed by atoms with Crippen LogP contribution in [0.15, 0.2) is 22.7 Å². The van der Waals surface area contributed by atoms with Gasteiger partial charge in [-0.25, -0.2) is 0 Å². The molecule has 1 aliphatic carbocycles. The Morgan fingerprint density at radius 2 is 2.05 bits per heavy atom. The highest BCUT2D eigenvalue weighted by Gasteiger charge is 2.39. The average Bonchev–Trinajstić information content (AvgIpc) is 2.50. The molecule has 1 aromatic carbocycles. The van der Waals surface area contributed by atoms with E-state index in [4.69, 9.17) is 9.47 Å². The Bertz CT molecular complexity index is 478. The molecule has 1 heterocycles. The highest BCUT2D eigenvalue weighted by molar-refractivity contribution is 9.10. The van der Waals surface area contributed by atoms with Crippen LogP contribution in [0.5, 0.6) is 5.75 Å². The van der Waals surface area contributed by atoms with Crippen molar-refractivity contribution >= 4 is 31.9 Å². The minimum atomic E-state index is 0.106. The molecule has 1 aliphatic heterocycles. The summed E-state index contributed by atoms with van der Waals surface area (Å²) in [4.78, 5) is 0. The molecule has 1 spiro atoms. The van der Waals surface area contributed by atoms with Gasteiger partial charge in [0.05, 0.1) is 12.2 Å². The van der Waals surface area contributed by atoms with E-state index in [9.17, 15) is 0 Å². The highest BCUT2D eigenvalue weighted by atomic mass is 79.9. The Kier molecular flexibility index (Phi) is 5.28. The lowest BCUT2D eigenvalue weighted by Crippen LogP contribution is -2.45. The molecule has 1 aromatic rings. The van der Waals surface area contributed by atoms with Crippen LogP contribution in [0.4, 0.5) is 0 Å². The number of hydrogen-bond acceptors (Lipinski definition) is 2. The minimum Gasteiger partial charge on any atom is -0.490 e. The van der Waals surface area contributed by atoms with Gasteiger partial charge in [0.15, 0.2) is 0 Å². The average molecular weight is 418 g/mol. The molecule has 1 saturated heterocycles. The van der Waals surface area contributed by atoms with Crippen molar-refractivity contribution in [1.29, 1.82) is 0 Å². The van der Waals surface area contributed by atoms with E-state index in [2.05, 4.69) is 50.1 Å². The SMILES string of the molecule is BrCc1cc(OC2CCOC3(CCCCC3)C2)ccc1Br. The number of alkyl halides is 1. The molecule has 116 valence electrons. The van der Waals surface area contributed by atoms with E-state index >= 15 is 0 Å². The summed E-state index contributed by atoms with van der Waals surface area (Å²) in [5.41, 5.74) is 1.33. The molecular formula is C17H22Br2O2. The molecule has 2 nitrogen and oxygen atoms in total. The summed E-state index contributed by atoms with van der Waals surface area (Å²) in [5.74, 6) is 0.977. The fourth-order valence-electron chi connectivity index (χ4n) is 3.55. The molecule has 1 unspecified atom stereocenters. The summed E-state index contributed by atoms with van der Waals surface area (Å²) in [7, 11) is 0. The van der Waals surface area contributed by atoms with Gasteiger partial charge < -0.3 is 9.47 Å². The van der Waals surface area contributed by atoms with Crippen molar-refractivity contribution in [3.63, 3.8) is 0 Å². The zero-order valence-corrected chi connectivity index (χ0v) is 15.4. The summed E-state index contributed by atoms with van der Waals surface area (Å²) >= 11 is 7.09. The first kappa shape index (κ1) is 15.8. The van der Waals surface area contributed by atoms with Crippen LogP contribution >= 0.6 is 31.9 Å². The van der Waals surface area contributed by atoms with Gasteiger partial charge >= 0.3 is 0 Å². The van der Waals surface area contributed by atoms with E-state index in [1.807, 2.05) is 0 Å². The van der Waals surface area contributed by atoms with Crippen molar-refractivity contribution in [1.82, 2.24) is 0 Å². The number of benzene rings is 1. The Morgan fingerprint density at radius 1 is 1.24 bits per heavy atom. The van der Waals surface area contributed by atoms with Crippen LogP contribution in [-0.4, -0.2) is 18.3 Å². The molecule has 2 fully saturated rings. The van der Waals surface area contributed by atoms with E-state index in [1.54, 1.807) is 0 Å². The van der Waals surface area contributed by atoms with Gasteiger partial charge in [-0.1, -0.05) is 51.1 Å². The quantitative estimate of drug-likeness (QED) is 0.595.